The van der Waals surface area contributed by atoms with Crippen molar-refractivity contribution in [2.45, 2.75) is 26.2 Å². The molecule has 0 radical (unpaired) electrons. The summed E-state index contributed by atoms with van der Waals surface area (Å²) in [6.07, 6.45) is 4.65. The van der Waals surface area contributed by atoms with E-state index in [-0.39, 0.29) is 30.1 Å². The molecule has 2 amide bonds. The number of ketones is 1. The molecular formula is C13H17NO4. The van der Waals surface area contributed by atoms with E-state index >= 15 is 0 Å². The van der Waals surface area contributed by atoms with Gasteiger partial charge in [0.1, 0.15) is 6.61 Å². The Labute approximate surface area is 106 Å². The lowest BCUT2D eigenvalue weighted by Gasteiger charge is -2.27. The van der Waals surface area contributed by atoms with Crippen LogP contribution in [-0.2, 0) is 14.3 Å². The molecule has 0 N–H and O–H groups in total. The van der Waals surface area contributed by atoms with Gasteiger partial charge in [0.25, 0.3) is 0 Å². The maximum absolute atomic E-state index is 12.3. The Kier molecular flexibility index (Phi) is 3.79. The predicted molar refractivity (Wildman–Crippen MR) is 63.7 cm³/mol. The quantitative estimate of drug-likeness (QED) is 0.763. The minimum absolute atomic E-state index is 0.00778. The molecule has 0 saturated carbocycles. The molecule has 0 aromatic carbocycles. The molecule has 2 aliphatic rings. The number of nitrogens with zero attached hydrogens (tertiary/aromatic N) is 1. The lowest BCUT2D eigenvalue weighted by atomic mass is 9.80. The van der Waals surface area contributed by atoms with Gasteiger partial charge in [0.05, 0.1) is 12.5 Å². The average molecular weight is 251 g/mol. The molecule has 98 valence electrons. The number of amides is 2. The average Bonchev–Trinajstić information content (AvgIpc) is 2.75. The third-order valence-corrected chi connectivity index (χ3v) is 3.43. The lowest BCUT2D eigenvalue weighted by Crippen LogP contribution is -2.40. The van der Waals surface area contributed by atoms with Crippen LogP contribution in [0.3, 0.4) is 0 Å². The summed E-state index contributed by atoms with van der Waals surface area (Å²) in [5.41, 5.74) is 0. The molecule has 5 nitrogen and oxygen atoms in total. The maximum Gasteiger partial charge on any atom is 0.416 e. The van der Waals surface area contributed by atoms with Gasteiger partial charge in [0.15, 0.2) is 5.78 Å². The molecule has 1 heterocycles. The fourth-order valence-electron chi connectivity index (χ4n) is 2.53. The molecule has 1 saturated heterocycles. The Bertz CT molecular complexity index is 402. The first-order valence-corrected chi connectivity index (χ1v) is 6.32. The number of allylic oxidation sites excluding steroid dienone is 1. The van der Waals surface area contributed by atoms with E-state index < -0.39 is 6.09 Å². The summed E-state index contributed by atoms with van der Waals surface area (Å²) in [7, 11) is 0. The fraction of sp³-hybridized carbons (Fsp3) is 0.615. The first kappa shape index (κ1) is 12.8. The zero-order valence-electron chi connectivity index (χ0n) is 10.4. The van der Waals surface area contributed by atoms with Crippen LogP contribution in [0.15, 0.2) is 12.2 Å². The number of carbonyl (C=O) groups is 3. The van der Waals surface area contributed by atoms with E-state index in [1.807, 2.05) is 6.92 Å². The van der Waals surface area contributed by atoms with Gasteiger partial charge in [0.2, 0.25) is 5.91 Å². The minimum atomic E-state index is -0.569. The van der Waals surface area contributed by atoms with E-state index in [9.17, 15) is 14.4 Å². The highest BCUT2D eigenvalue weighted by atomic mass is 16.6. The third-order valence-electron chi connectivity index (χ3n) is 3.43. The van der Waals surface area contributed by atoms with Crippen LogP contribution < -0.4 is 0 Å². The summed E-state index contributed by atoms with van der Waals surface area (Å²) >= 11 is 0. The summed E-state index contributed by atoms with van der Waals surface area (Å²) in [4.78, 5) is 36.2. The smallest absolute Gasteiger partial charge is 0.416 e. The second-order valence-electron chi connectivity index (χ2n) is 4.71. The Hall–Kier alpha value is -1.65. The van der Waals surface area contributed by atoms with E-state index in [1.165, 1.54) is 6.08 Å². The monoisotopic (exact) mass is 251 g/mol. The molecule has 1 aliphatic carbocycles. The van der Waals surface area contributed by atoms with Gasteiger partial charge in [-0.3, -0.25) is 9.59 Å². The van der Waals surface area contributed by atoms with Crippen LogP contribution in [0.5, 0.6) is 0 Å². The van der Waals surface area contributed by atoms with E-state index in [2.05, 4.69) is 0 Å². The number of cyclic esters (lactones) is 1. The SMILES string of the molecule is CCC[C@H]1CC(=O)C=C[C@@H]1C(=O)N1CCOC1=O. The second kappa shape index (κ2) is 5.33. The zero-order valence-corrected chi connectivity index (χ0v) is 10.4. The standard InChI is InChI=1S/C13H17NO4/c1-2-3-9-8-10(15)4-5-11(9)12(16)14-6-7-18-13(14)17/h4-5,9,11H,2-3,6-8H2,1H3/t9-,11-/m0/s1. The van der Waals surface area contributed by atoms with Gasteiger partial charge in [-0.25, -0.2) is 9.69 Å². The third kappa shape index (κ3) is 2.44. The van der Waals surface area contributed by atoms with E-state index in [1.54, 1.807) is 6.08 Å². The van der Waals surface area contributed by atoms with Crippen molar-refractivity contribution in [3.05, 3.63) is 12.2 Å². The van der Waals surface area contributed by atoms with Gasteiger partial charge in [-0.1, -0.05) is 19.4 Å². The van der Waals surface area contributed by atoms with Gasteiger partial charge < -0.3 is 4.74 Å². The van der Waals surface area contributed by atoms with E-state index in [0.717, 1.165) is 17.7 Å². The molecule has 1 aliphatic heterocycles. The minimum Gasteiger partial charge on any atom is -0.447 e. The van der Waals surface area contributed by atoms with Crippen LogP contribution in [-0.4, -0.2) is 35.8 Å². The van der Waals surface area contributed by atoms with Crippen LogP contribution in [0, 0.1) is 11.8 Å². The van der Waals surface area contributed by atoms with Crippen molar-refractivity contribution in [3.63, 3.8) is 0 Å². The maximum atomic E-state index is 12.3. The van der Waals surface area contributed by atoms with Crippen molar-refractivity contribution < 1.29 is 19.1 Å². The highest BCUT2D eigenvalue weighted by Crippen LogP contribution is 2.29. The van der Waals surface area contributed by atoms with Crippen LogP contribution in [0.25, 0.3) is 0 Å². The molecule has 0 aromatic heterocycles. The molecule has 0 aromatic rings. The Morgan fingerprint density at radius 2 is 2.28 bits per heavy atom. The van der Waals surface area contributed by atoms with Crippen LogP contribution in [0.1, 0.15) is 26.2 Å². The van der Waals surface area contributed by atoms with Crippen molar-refractivity contribution in [1.29, 1.82) is 0 Å². The van der Waals surface area contributed by atoms with Gasteiger partial charge in [-0.2, -0.15) is 0 Å². The number of hydrogen-bond donors (Lipinski definition) is 0. The van der Waals surface area contributed by atoms with Crippen LogP contribution >= 0.6 is 0 Å². The summed E-state index contributed by atoms with van der Waals surface area (Å²) < 4.78 is 4.77. The van der Waals surface area contributed by atoms with Crippen molar-refractivity contribution in [2.24, 2.45) is 11.8 Å². The fourth-order valence-corrected chi connectivity index (χ4v) is 2.53. The topological polar surface area (TPSA) is 63.7 Å². The van der Waals surface area contributed by atoms with Crippen molar-refractivity contribution in [3.8, 4) is 0 Å². The zero-order chi connectivity index (χ0) is 13.1. The number of rotatable bonds is 3. The van der Waals surface area contributed by atoms with Gasteiger partial charge in [-0.05, 0) is 18.4 Å². The molecule has 2 atom stereocenters. The van der Waals surface area contributed by atoms with Crippen molar-refractivity contribution >= 4 is 17.8 Å². The van der Waals surface area contributed by atoms with Crippen LogP contribution in [0.4, 0.5) is 4.79 Å². The molecule has 0 bridgehead atoms. The summed E-state index contributed by atoms with van der Waals surface area (Å²) in [5, 5.41) is 0. The first-order chi connectivity index (χ1) is 8.63. The highest BCUT2D eigenvalue weighted by Gasteiger charge is 2.37. The molecule has 18 heavy (non-hydrogen) atoms. The van der Waals surface area contributed by atoms with Crippen molar-refractivity contribution in [1.82, 2.24) is 4.90 Å². The van der Waals surface area contributed by atoms with Gasteiger partial charge >= 0.3 is 6.09 Å². The number of ether oxygens (including phenoxy) is 1. The summed E-state index contributed by atoms with van der Waals surface area (Å²) in [6, 6.07) is 0. The molecule has 2 rings (SSSR count). The van der Waals surface area contributed by atoms with Gasteiger partial charge in [0, 0.05) is 6.42 Å². The van der Waals surface area contributed by atoms with Crippen molar-refractivity contribution in [2.75, 3.05) is 13.2 Å². The number of imide groups is 1. The first-order valence-electron chi connectivity index (χ1n) is 6.32. The highest BCUT2D eigenvalue weighted by molar-refractivity contribution is 5.98. The summed E-state index contributed by atoms with van der Waals surface area (Å²) in [6.45, 7) is 2.60. The number of carbonyl (C=O) groups excluding carboxylic acids is 3. The molecule has 0 spiro atoms. The summed E-state index contributed by atoms with van der Waals surface area (Å²) in [5.74, 6) is -0.539. The number of hydrogen-bond acceptors (Lipinski definition) is 4. The normalized spacial score (nSPS) is 27.5. The Morgan fingerprint density at radius 3 is 2.89 bits per heavy atom. The Morgan fingerprint density at radius 1 is 1.50 bits per heavy atom. The Balaban J connectivity index is 2.13. The molecular weight excluding hydrogens is 234 g/mol. The van der Waals surface area contributed by atoms with E-state index in [0.29, 0.717) is 13.0 Å². The van der Waals surface area contributed by atoms with Crippen LogP contribution in [0.2, 0.25) is 0 Å². The largest absolute Gasteiger partial charge is 0.447 e. The van der Waals surface area contributed by atoms with Gasteiger partial charge in [-0.15, -0.1) is 0 Å². The molecule has 0 unspecified atom stereocenters. The molecule has 5 heteroatoms. The predicted octanol–water partition coefficient (Wildman–Crippen LogP) is 1.53. The second-order valence-corrected chi connectivity index (χ2v) is 4.71. The van der Waals surface area contributed by atoms with E-state index in [4.69, 9.17) is 4.74 Å². The molecule has 1 fully saturated rings. The lowest BCUT2D eigenvalue weighted by molar-refractivity contribution is -0.132.